The Kier molecular flexibility index (Phi) is 4.30. The number of fused-ring (bicyclic) bond motifs is 1. The summed E-state index contributed by atoms with van der Waals surface area (Å²) in [4.78, 5) is 16.7. The first kappa shape index (κ1) is 15.2. The topological polar surface area (TPSA) is 61.9 Å². The minimum absolute atomic E-state index is 0.135. The largest absolute Gasteiger partial charge is 0.492 e. The van der Waals surface area contributed by atoms with Crippen LogP contribution in [0.3, 0.4) is 0 Å². The van der Waals surface area contributed by atoms with Gasteiger partial charge in [0.05, 0.1) is 6.54 Å². The standard InChI is InChI=1S/C14H12Br2N4O2/c1-19-13-11(12(16)18-19)14(21)20(8-17-13)6-7-22-10-4-2-9(15)3-5-10/h2-5,8H,6-7H2,1H3. The molecule has 114 valence electrons. The van der Waals surface area contributed by atoms with Crippen LogP contribution in [-0.2, 0) is 13.6 Å². The van der Waals surface area contributed by atoms with E-state index in [0.717, 1.165) is 10.2 Å². The molecule has 0 saturated carbocycles. The van der Waals surface area contributed by atoms with Crippen molar-refractivity contribution in [2.24, 2.45) is 7.05 Å². The lowest BCUT2D eigenvalue weighted by atomic mass is 10.3. The number of benzene rings is 1. The van der Waals surface area contributed by atoms with Crippen LogP contribution >= 0.6 is 31.9 Å². The Balaban J connectivity index is 1.77. The number of halogens is 2. The molecule has 2 aromatic heterocycles. The number of ether oxygens (including phenoxy) is 1. The molecule has 6 nitrogen and oxygen atoms in total. The minimum Gasteiger partial charge on any atom is -0.492 e. The third-order valence-electron chi connectivity index (χ3n) is 3.18. The van der Waals surface area contributed by atoms with Crippen molar-refractivity contribution in [1.82, 2.24) is 19.3 Å². The van der Waals surface area contributed by atoms with Gasteiger partial charge in [0.15, 0.2) is 5.65 Å². The van der Waals surface area contributed by atoms with Gasteiger partial charge < -0.3 is 4.74 Å². The molecule has 8 heteroatoms. The number of hydrogen-bond acceptors (Lipinski definition) is 4. The predicted molar refractivity (Wildman–Crippen MR) is 90.1 cm³/mol. The predicted octanol–water partition coefficient (Wildman–Crippen LogP) is 2.73. The van der Waals surface area contributed by atoms with Gasteiger partial charge in [0, 0.05) is 11.5 Å². The van der Waals surface area contributed by atoms with Gasteiger partial charge in [-0.05, 0) is 40.2 Å². The van der Waals surface area contributed by atoms with Crippen LogP contribution in [0.5, 0.6) is 5.75 Å². The van der Waals surface area contributed by atoms with Gasteiger partial charge in [0.2, 0.25) is 0 Å². The van der Waals surface area contributed by atoms with Crippen molar-refractivity contribution >= 4 is 42.9 Å². The first-order valence-corrected chi connectivity index (χ1v) is 8.11. The van der Waals surface area contributed by atoms with Crippen molar-refractivity contribution < 1.29 is 4.74 Å². The molecule has 0 bridgehead atoms. The lowest BCUT2D eigenvalue weighted by molar-refractivity contribution is 0.296. The van der Waals surface area contributed by atoms with E-state index >= 15 is 0 Å². The zero-order chi connectivity index (χ0) is 15.7. The summed E-state index contributed by atoms with van der Waals surface area (Å²) in [7, 11) is 1.75. The van der Waals surface area contributed by atoms with Gasteiger partial charge in [-0.15, -0.1) is 0 Å². The molecule has 0 saturated heterocycles. The molecule has 2 heterocycles. The number of aromatic nitrogens is 4. The van der Waals surface area contributed by atoms with Crippen molar-refractivity contribution in [3.05, 3.63) is 50.0 Å². The summed E-state index contributed by atoms with van der Waals surface area (Å²) in [6.45, 7) is 0.797. The van der Waals surface area contributed by atoms with Crippen LogP contribution < -0.4 is 10.3 Å². The van der Waals surface area contributed by atoms with Gasteiger partial charge in [0.1, 0.15) is 28.7 Å². The second-order valence-electron chi connectivity index (χ2n) is 4.66. The average Bonchev–Trinajstić information content (AvgIpc) is 2.79. The molecule has 0 aliphatic heterocycles. The quantitative estimate of drug-likeness (QED) is 0.642. The highest BCUT2D eigenvalue weighted by atomic mass is 79.9. The molecule has 0 radical (unpaired) electrons. The average molecular weight is 428 g/mol. The molecule has 0 fully saturated rings. The summed E-state index contributed by atoms with van der Waals surface area (Å²) in [5.41, 5.74) is 0.423. The molecule has 0 unspecified atom stereocenters. The number of aryl methyl sites for hydroxylation is 1. The molecule has 0 aliphatic carbocycles. The summed E-state index contributed by atoms with van der Waals surface area (Å²) < 4.78 is 10.2. The molecule has 3 rings (SSSR count). The fourth-order valence-electron chi connectivity index (χ4n) is 2.09. The van der Waals surface area contributed by atoms with Gasteiger partial charge in [-0.2, -0.15) is 5.10 Å². The maximum Gasteiger partial charge on any atom is 0.265 e. The van der Waals surface area contributed by atoms with E-state index in [1.165, 1.54) is 10.9 Å². The maximum absolute atomic E-state index is 12.4. The Morgan fingerprint density at radius 3 is 2.68 bits per heavy atom. The molecule has 3 aromatic rings. The Bertz CT molecular complexity index is 871. The van der Waals surface area contributed by atoms with Crippen LogP contribution in [0.4, 0.5) is 0 Å². The minimum atomic E-state index is -0.135. The Labute approximate surface area is 143 Å². The summed E-state index contributed by atoms with van der Waals surface area (Å²) in [6, 6.07) is 7.54. The zero-order valence-corrected chi connectivity index (χ0v) is 14.8. The van der Waals surface area contributed by atoms with E-state index in [4.69, 9.17) is 4.74 Å². The van der Waals surface area contributed by atoms with Crippen molar-refractivity contribution in [3.8, 4) is 5.75 Å². The third-order valence-corrected chi connectivity index (χ3v) is 4.27. The van der Waals surface area contributed by atoms with E-state index in [1.807, 2.05) is 24.3 Å². The van der Waals surface area contributed by atoms with Gasteiger partial charge in [-0.3, -0.25) is 9.36 Å². The van der Waals surface area contributed by atoms with Gasteiger partial charge in [0.25, 0.3) is 5.56 Å². The summed E-state index contributed by atoms with van der Waals surface area (Å²) in [5, 5.41) is 4.63. The molecule has 1 aromatic carbocycles. The van der Waals surface area contributed by atoms with E-state index < -0.39 is 0 Å². The third kappa shape index (κ3) is 2.93. The molecule has 22 heavy (non-hydrogen) atoms. The lowest BCUT2D eigenvalue weighted by Crippen LogP contribution is -2.23. The Morgan fingerprint density at radius 2 is 1.95 bits per heavy atom. The highest BCUT2D eigenvalue weighted by molar-refractivity contribution is 9.10. The number of nitrogens with zero attached hydrogens (tertiary/aromatic N) is 4. The van der Waals surface area contributed by atoms with E-state index in [9.17, 15) is 4.79 Å². The van der Waals surface area contributed by atoms with Crippen molar-refractivity contribution in [1.29, 1.82) is 0 Å². The van der Waals surface area contributed by atoms with Gasteiger partial charge in [-0.1, -0.05) is 15.9 Å². The maximum atomic E-state index is 12.4. The van der Waals surface area contributed by atoms with Crippen molar-refractivity contribution in [2.45, 2.75) is 6.54 Å². The Morgan fingerprint density at radius 1 is 1.23 bits per heavy atom. The normalized spacial score (nSPS) is 11.0. The fraction of sp³-hybridized carbons (Fsp3) is 0.214. The van der Waals surface area contributed by atoms with Crippen molar-refractivity contribution in [3.63, 3.8) is 0 Å². The smallest absolute Gasteiger partial charge is 0.265 e. The van der Waals surface area contributed by atoms with Crippen LogP contribution in [0.15, 0.2) is 44.5 Å². The van der Waals surface area contributed by atoms with E-state index in [2.05, 4.69) is 41.9 Å². The van der Waals surface area contributed by atoms with E-state index in [0.29, 0.717) is 28.8 Å². The molecule has 0 spiro atoms. The van der Waals surface area contributed by atoms with Crippen LogP contribution in [0, 0.1) is 0 Å². The number of hydrogen-bond donors (Lipinski definition) is 0. The van der Waals surface area contributed by atoms with Crippen LogP contribution in [0.1, 0.15) is 0 Å². The second kappa shape index (κ2) is 6.21. The van der Waals surface area contributed by atoms with E-state index in [-0.39, 0.29) is 5.56 Å². The van der Waals surface area contributed by atoms with E-state index in [1.54, 1.807) is 11.7 Å². The summed E-state index contributed by atoms with van der Waals surface area (Å²) in [6.07, 6.45) is 1.52. The van der Waals surface area contributed by atoms with Gasteiger partial charge in [-0.25, -0.2) is 9.67 Å². The first-order chi connectivity index (χ1) is 10.6. The van der Waals surface area contributed by atoms with Crippen LogP contribution in [0.25, 0.3) is 11.0 Å². The molecule has 0 N–H and O–H groups in total. The highest BCUT2D eigenvalue weighted by Crippen LogP contribution is 2.17. The molecule has 0 amide bonds. The van der Waals surface area contributed by atoms with Crippen LogP contribution in [-0.4, -0.2) is 25.9 Å². The SMILES string of the molecule is Cn1nc(Br)c2c(=O)n(CCOc3ccc(Br)cc3)cnc21. The molecular weight excluding hydrogens is 416 g/mol. The summed E-state index contributed by atoms with van der Waals surface area (Å²) >= 11 is 6.66. The van der Waals surface area contributed by atoms with Crippen LogP contribution in [0.2, 0.25) is 0 Å². The molecular formula is C14H12Br2N4O2. The lowest BCUT2D eigenvalue weighted by Gasteiger charge is -2.08. The highest BCUT2D eigenvalue weighted by Gasteiger charge is 2.13. The van der Waals surface area contributed by atoms with Crippen molar-refractivity contribution in [2.75, 3.05) is 6.61 Å². The molecule has 0 aliphatic rings. The molecule has 0 atom stereocenters. The first-order valence-electron chi connectivity index (χ1n) is 6.52. The Hall–Kier alpha value is -1.67. The fourth-order valence-corrected chi connectivity index (χ4v) is 2.94. The van der Waals surface area contributed by atoms with Gasteiger partial charge >= 0.3 is 0 Å². The monoisotopic (exact) mass is 426 g/mol. The summed E-state index contributed by atoms with van der Waals surface area (Å²) in [5.74, 6) is 0.757. The second-order valence-corrected chi connectivity index (χ2v) is 6.33. The zero-order valence-electron chi connectivity index (χ0n) is 11.7. The number of rotatable bonds is 4.